The number of halogens is 1. The summed E-state index contributed by atoms with van der Waals surface area (Å²) < 4.78 is 19.9. The van der Waals surface area contributed by atoms with Crippen molar-refractivity contribution >= 4 is 17.7 Å². The van der Waals surface area contributed by atoms with Crippen LogP contribution in [0.3, 0.4) is 0 Å². The SMILES string of the molecule is COC(=O)c1ccc(CSc2nccn2-c2cccc(F)c2)cc1. The van der Waals surface area contributed by atoms with Gasteiger partial charge in [0.2, 0.25) is 0 Å². The molecule has 0 saturated heterocycles. The van der Waals surface area contributed by atoms with Crippen molar-refractivity contribution < 1.29 is 13.9 Å². The maximum atomic E-state index is 13.4. The van der Waals surface area contributed by atoms with E-state index in [1.807, 2.05) is 22.8 Å². The van der Waals surface area contributed by atoms with Crippen LogP contribution in [0, 0.1) is 5.82 Å². The van der Waals surface area contributed by atoms with Gasteiger partial charge >= 0.3 is 5.97 Å². The molecule has 3 rings (SSSR count). The van der Waals surface area contributed by atoms with Crippen LogP contribution in [0.1, 0.15) is 15.9 Å². The molecule has 0 spiro atoms. The predicted molar refractivity (Wildman–Crippen MR) is 90.9 cm³/mol. The summed E-state index contributed by atoms with van der Waals surface area (Å²) in [5, 5.41) is 0.776. The topological polar surface area (TPSA) is 44.1 Å². The molecule has 1 aromatic heterocycles. The summed E-state index contributed by atoms with van der Waals surface area (Å²) in [7, 11) is 1.36. The molecule has 6 heteroatoms. The van der Waals surface area contributed by atoms with Crippen molar-refractivity contribution in [3.63, 3.8) is 0 Å². The Labute approximate surface area is 143 Å². The van der Waals surface area contributed by atoms with E-state index in [1.54, 1.807) is 42.4 Å². The zero-order valence-corrected chi connectivity index (χ0v) is 13.8. The summed E-state index contributed by atoms with van der Waals surface area (Å²) in [5.74, 6) is 0.0553. The van der Waals surface area contributed by atoms with Gasteiger partial charge in [-0.1, -0.05) is 30.0 Å². The Kier molecular flexibility index (Phi) is 4.96. The van der Waals surface area contributed by atoms with Crippen LogP contribution in [0.15, 0.2) is 66.1 Å². The van der Waals surface area contributed by atoms with Gasteiger partial charge in [0.05, 0.1) is 18.4 Å². The molecule has 3 aromatic rings. The summed E-state index contributed by atoms with van der Waals surface area (Å²) in [4.78, 5) is 15.8. The van der Waals surface area contributed by atoms with Gasteiger partial charge in [0, 0.05) is 18.1 Å². The highest BCUT2D eigenvalue weighted by molar-refractivity contribution is 7.98. The third-order valence-electron chi connectivity index (χ3n) is 3.44. The second-order valence-corrected chi connectivity index (χ2v) is 5.98. The minimum Gasteiger partial charge on any atom is -0.465 e. The van der Waals surface area contributed by atoms with E-state index < -0.39 is 0 Å². The van der Waals surface area contributed by atoms with Gasteiger partial charge in [-0.25, -0.2) is 14.2 Å². The molecule has 0 radical (unpaired) electrons. The molecule has 0 atom stereocenters. The number of esters is 1. The maximum Gasteiger partial charge on any atom is 0.337 e. The number of hydrogen-bond donors (Lipinski definition) is 0. The van der Waals surface area contributed by atoms with Gasteiger partial charge in [-0.05, 0) is 35.9 Å². The molecule has 0 N–H and O–H groups in total. The normalized spacial score (nSPS) is 10.6. The average Bonchev–Trinajstić information content (AvgIpc) is 3.08. The molecule has 2 aromatic carbocycles. The maximum absolute atomic E-state index is 13.4. The van der Waals surface area contributed by atoms with E-state index in [2.05, 4.69) is 9.72 Å². The molecule has 0 aliphatic carbocycles. The third kappa shape index (κ3) is 3.65. The van der Waals surface area contributed by atoms with Crippen LogP contribution in [0.25, 0.3) is 5.69 Å². The Balaban J connectivity index is 1.72. The van der Waals surface area contributed by atoms with Gasteiger partial charge in [-0.3, -0.25) is 4.57 Å². The lowest BCUT2D eigenvalue weighted by Crippen LogP contribution is -2.00. The molecule has 0 aliphatic heterocycles. The zero-order chi connectivity index (χ0) is 16.9. The van der Waals surface area contributed by atoms with E-state index in [9.17, 15) is 9.18 Å². The number of thioether (sulfide) groups is 1. The highest BCUT2D eigenvalue weighted by Crippen LogP contribution is 2.24. The van der Waals surface area contributed by atoms with Crippen LogP contribution >= 0.6 is 11.8 Å². The fraction of sp³-hybridized carbons (Fsp3) is 0.111. The van der Waals surface area contributed by atoms with Gasteiger partial charge < -0.3 is 4.74 Å². The summed E-state index contributed by atoms with van der Waals surface area (Å²) in [6, 6.07) is 13.6. The Morgan fingerprint density at radius 3 is 2.75 bits per heavy atom. The first-order chi connectivity index (χ1) is 11.7. The van der Waals surface area contributed by atoms with Crippen LogP contribution in [0.2, 0.25) is 0 Å². The van der Waals surface area contributed by atoms with Crippen molar-refractivity contribution in [1.29, 1.82) is 0 Å². The van der Waals surface area contributed by atoms with Crippen LogP contribution in [-0.2, 0) is 10.5 Å². The molecule has 4 nitrogen and oxygen atoms in total. The first-order valence-corrected chi connectivity index (χ1v) is 8.25. The summed E-state index contributed by atoms with van der Waals surface area (Å²) >= 11 is 1.54. The number of benzene rings is 2. The molecule has 0 bridgehead atoms. The van der Waals surface area contributed by atoms with Gasteiger partial charge in [-0.15, -0.1) is 0 Å². The third-order valence-corrected chi connectivity index (χ3v) is 4.47. The van der Waals surface area contributed by atoms with Gasteiger partial charge in [0.1, 0.15) is 5.82 Å². The second-order valence-electron chi connectivity index (χ2n) is 5.04. The molecule has 0 amide bonds. The highest BCUT2D eigenvalue weighted by atomic mass is 32.2. The fourth-order valence-corrected chi connectivity index (χ4v) is 3.15. The first-order valence-electron chi connectivity index (χ1n) is 7.27. The second kappa shape index (κ2) is 7.31. The van der Waals surface area contributed by atoms with E-state index in [0.29, 0.717) is 11.3 Å². The average molecular weight is 342 g/mol. The van der Waals surface area contributed by atoms with Crippen molar-refractivity contribution in [3.05, 3.63) is 77.9 Å². The summed E-state index contributed by atoms with van der Waals surface area (Å²) in [6.45, 7) is 0. The number of aromatic nitrogens is 2. The van der Waals surface area contributed by atoms with Crippen molar-refractivity contribution in [1.82, 2.24) is 9.55 Å². The van der Waals surface area contributed by atoms with Gasteiger partial charge in [0.25, 0.3) is 0 Å². The van der Waals surface area contributed by atoms with Crippen LogP contribution in [0.4, 0.5) is 4.39 Å². The molecular weight excluding hydrogens is 327 g/mol. The smallest absolute Gasteiger partial charge is 0.337 e. The van der Waals surface area contributed by atoms with Crippen molar-refractivity contribution in [2.75, 3.05) is 7.11 Å². The number of methoxy groups -OCH3 is 1. The molecule has 0 saturated carbocycles. The van der Waals surface area contributed by atoms with E-state index in [0.717, 1.165) is 16.4 Å². The first kappa shape index (κ1) is 16.3. The van der Waals surface area contributed by atoms with E-state index >= 15 is 0 Å². The fourth-order valence-electron chi connectivity index (χ4n) is 2.22. The minimum atomic E-state index is -0.351. The van der Waals surface area contributed by atoms with E-state index in [4.69, 9.17) is 0 Å². The van der Waals surface area contributed by atoms with Gasteiger partial charge in [-0.2, -0.15) is 0 Å². The predicted octanol–water partition coefficient (Wildman–Crippen LogP) is 4.09. The molecule has 0 fully saturated rings. The van der Waals surface area contributed by atoms with Crippen LogP contribution in [0.5, 0.6) is 0 Å². The molecule has 0 aliphatic rings. The zero-order valence-electron chi connectivity index (χ0n) is 13.0. The standard InChI is InChI=1S/C18H15FN2O2S/c1-23-17(22)14-7-5-13(6-8-14)12-24-18-20-9-10-21(18)16-4-2-3-15(19)11-16/h2-11H,12H2,1H3. The lowest BCUT2D eigenvalue weighted by Gasteiger charge is -2.08. The van der Waals surface area contributed by atoms with Crippen LogP contribution in [-0.4, -0.2) is 22.6 Å². The van der Waals surface area contributed by atoms with E-state index in [1.165, 1.54) is 19.2 Å². The van der Waals surface area contributed by atoms with Crippen LogP contribution < -0.4 is 0 Å². The number of rotatable bonds is 5. The molecular formula is C18H15FN2O2S. The number of carbonyl (C=O) groups is 1. The lowest BCUT2D eigenvalue weighted by atomic mass is 10.1. The Bertz CT molecular complexity index is 846. The monoisotopic (exact) mass is 342 g/mol. The molecule has 1 heterocycles. The van der Waals surface area contributed by atoms with Gasteiger partial charge in [0.15, 0.2) is 5.16 Å². The summed E-state index contributed by atoms with van der Waals surface area (Å²) in [5.41, 5.74) is 2.31. The Morgan fingerprint density at radius 1 is 1.25 bits per heavy atom. The van der Waals surface area contributed by atoms with Crippen molar-refractivity contribution in [2.24, 2.45) is 0 Å². The molecule has 24 heavy (non-hydrogen) atoms. The van der Waals surface area contributed by atoms with E-state index in [-0.39, 0.29) is 11.8 Å². The van der Waals surface area contributed by atoms with Crippen molar-refractivity contribution in [3.8, 4) is 5.69 Å². The minimum absolute atomic E-state index is 0.282. The lowest BCUT2D eigenvalue weighted by molar-refractivity contribution is 0.0600. The van der Waals surface area contributed by atoms with Crippen molar-refractivity contribution in [2.45, 2.75) is 10.9 Å². The number of ether oxygens (including phenoxy) is 1. The number of nitrogens with zero attached hydrogens (tertiary/aromatic N) is 2. The highest BCUT2D eigenvalue weighted by Gasteiger charge is 2.08. The quantitative estimate of drug-likeness (QED) is 0.517. The molecule has 122 valence electrons. The number of hydrogen-bond acceptors (Lipinski definition) is 4. The Morgan fingerprint density at radius 2 is 2.04 bits per heavy atom. The number of carbonyl (C=O) groups excluding carboxylic acids is 1. The Hall–Kier alpha value is -2.60. The molecule has 0 unspecified atom stereocenters. The number of imidazole rings is 1. The summed E-state index contributed by atoms with van der Waals surface area (Å²) in [6.07, 6.45) is 3.49. The largest absolute Gasteiger partial charge is 0.465 e.